The lowest BCUT2D eigenvalue weighted by molar-refractivity contribution is -0.142. The van der Waals surface area contributed by atoms with Gasteiger partial charge in [-0.1, -0.05) is 6.07 Å². The van der Waals surface area contributed by atoms with E-state index in [0.29, 0.717) is 18.8 Å². The molecule has 0 atom stereocenters. The van der Waals surface area contributed by atoms with Crippen molar-refractivity contribution in [2.24, 2.45) is 0 Å². The van der Waals surface area contributed by atoms with Gasteiger partial charge in [0.05, 0.1) is 0 Å². The van der Waals surface area contributed by atoms with E-state index in [4.69, 9.17) is 0 Å². The van der Waals surface area contributed by atoms with Crippen LogP contribution in [0.2, 0.25) is 0 Å². The van der Waals surface area contributed by atoms with E-state index in [0.717, 1.165) is 18.5 Å². The SMILES string of the molecule is CN(C)c1cccc(NC(=O)C(=O)N2CCCC2)c1. The molecule has 1 aliphatic heterocycles. The molecule has 2 rings (SSSR count). The molecule has 1 heterocycles. The summed E-state index contributed by atoms with van der Waals surface area (Å²) in [6.07, 6.45) is 1.96. The Bertz CT molecular complexity index is 479. The number of nitrogens with zero attached hydrogens (tertiary/aromatic N) is 2. The van der Waals surface area contributed by atoms with Gasteiger partial charge in [-0.2, -0.15) is 0 Å². The van der Waals surface area contributed by atoms with Crippen LogP contribution in [0.4, 0.5) is 11.4 Å². The van der Waals surface area contributed by atoms with Crippen molar-refractivity contribution in [1.82, 2.24) is 4.90 Å². The zero-order valence-corrected chi connectivity index (χ0v) is 11.3. The van der Waals surface area contributed by atoms with Crippen LogP contribution in [0.1, 0.15) is 12.8 Å². The zero-order chi connectivity index (χ0) is 13.8. The lowest BCUT2D eigenvalue weighted by Crippen LogP contribution is -2.37. The summed E-state index contributed by atoms with van der Waals surface area (Å²) in [5, 5.41) is 2.66. The van der Waals surface area contributed by atoms with Gasteiger partial charge in [0.25, 0.3) is 0 Å². The number of hydrogen-bond donors (Lipinski definition) is 1. The van der Waals surface area contributed by atoms with E-state index in [1.54, 1.807) is 11.0 Å². The lowest BCUT2D eigenvalue weighted by atomic mass is 10.2. The van der Waals surface area contributed by atoms with Crippen LogP contribution in [0.15, 0.2) is 24.3 Å². The van der Waals surface area contributed by atoms with Crippen LogP contribution < -0.4 is 10.2 Å². The number of nitrogens with one attached hydrogen (secondary N) is 1. The summed E-state index contributed by atoms with van der Waals surface area (Å²) in [6.45, 7) is 1.37. The number of likely N-dealkylation sites (tertiary alicyclic amines) is 1. The quantitative estimate of drug-likeness (QED) is 0.817. The highest BCUT2D eigenvalue weighted by atomic mass is 16.2. The molecule has 5 heteroatoms. The molecule has 1 fully saturated rings. The summed E-state index contributed by atoms with van der Waals surface area (Å²) >= 11 is 0. The second kappa shape index (κ2) is 5.73. The highest BCUT2D eigenvalue weighted by Crippen LogP contribution is 2.17. The van der Waals surface area contributed by atoms with Crippen LogP contribution in [0, 0.1) is 0 Å². The van der Waals surface area contributed by atoms with E-state index in [-0.39, 0.29) is 0 Å². The summed E-state index contributed by atoms with van der Waals surface area (Å²) in [5.41, 5.74) is 1.62. The molecule has 1 saturated heterocycles. The average Bonchev–Trinajstić information content (AvgIpc) is 2.92. The first-order valence-corrected chi connectivity index (χ1v) is 6.45. The minimum absolute atomic E-state index is 0.437. The fourth-order valence-corrected chi connectivity index (χ4v) is 2.11. The van der Waals surface area contributed by atoms with Crippen LogP contribution in [0.5, 0.6) is 0 Å². The van der Waals surface area contributed by atoms with Gasteiger partial charge in [-0.05, 0) is 31.0 Å². The molecule has 0 aliphatic carbocycles. The molecule has 5 nitrogen and oxygen atoms in total. The molecule has 0 radical (unpaired) electrons. The molecule has 2 amide bonds. The Balaban J connectivity index is 2.02. The molecule has 0 saturated carbocycles. The fourth-order valence-electron chi connectivity index (χ4n) is 2.11. The molecular formula is C14H19N3O2. The largest absolute Gasteiger partial charge is 0.378 e. The van der Waals surface area contributed by atoms with Crippen LogP contribution in [-0.2, 0) is 9.59 Å². The van der Waals surface area contributed by atoms with Crippen molar-refractivity contribution in [3.05, 3.63) is 24.3 Å². The summed E-state index contributed by atoms with van der Waals surface area (Å²) in [4.78, 5) is 27.3. The minimum atomic E-state index is -0.558. The number of rotatable bonds is 2. The molecule has 0 bridgehead atoms. The van der Waals surface area contributed by atoms with Crippen LogP contribution in [0.25, 0.3) is 0 Å². The molecule has 0 unspecified atom stereocenters. The van der Waals surface area contributed by atoms with Gasteiger partial charge in [0.1, 0.15) is 0 Å². The first-order valence-electron chi connectivity index (χ1n) is 6.45. The summed E-state index contributed by atoms with van der Waals surface area (Å²) in [7, 11) is 3.85. The fraction of sp³-hybridized carbons (Fsp3) is 0.429. The zero-order valence-electron chi connectivity index (χ0n) is 11.3. The molecule has 0 spiro atoms. The third kappa shape index (κ3) is 3.24. The van der Waals surface area contributed by atoms with E-state index < -0.39 is 11.8 Å². The van der Waals surface area contributed by atoms with Gasteiger partial charge in [0, 0.05) is 38.6 Å². The van der Waals surface area contributed by atoms with Crippen molar-refractivity contribution in [2.75, 3.05) is 37.4 Å². The molecule has 19 heavy (non-hydrogen) atoms. The number of carbonyl (C=O) groups excluding carboxylic acids is 2. The standard InChI is InChI=1S/C14H19N3O2/c1-16(2)12-7-5-6-11(10-12)15-13(18)14(19)17-8-3-4-9-17/h5-7,10H,3-4,8-9H2,1-2H3,(H,15,18). The predicted molar refractivity (Wildman–Crippen MR) is 75.2 cm³/mol. The first-order chi connectivity index (χ1) is 9.08. The predicted octanol–water partition coefficient (Wildman–Crippen LogP) is 1.31. The second-order valence-electron chi connectivity index (χ2n) is 4.90. The third-order valence-corrected chi connectivity index (χ3v) is 3.21. The molecule has 1 aliphatic rings. The topological polar surface area (TPSA) is 52.7 Å². The third-order valence-electron chi connectivity index (χ3n) is 3.21. The van der Waals surface area contributed by atoms with Gasteiger partial charge >= 0.3 is 11.8 Å². The van der Waals surface area contributed by atoms with Crippen molar-refractivity contribution in [2.45, 2.75) is 12.8 Å². The van der Waals surface area contributed by atoms with Gasteiger partial charge < -0.3 is 15.1 Å². The van der Waals surface area contributed by atoms with E-state index in [1.165, 1.54) is 0 Å². The number of carbonyl (C=O) groups is 2. The molecular weight excluding hydrogens is 242 g/mol. The maximum Gasteiger partial charge on any atom is 0.313 e. The van der Waals surface area contributed by atoms with E-state index in [9.17, 15) is 9.59 Å². The van der Waals surface area contributed by atoms with Crippen molar-refractivity contribution < 1.29 is 9.59 Å². The van der Waals surface area contributed by atoms with E-state index >= 15 is 0 Å². The first kappa shape index (κ1) is 13.4. The van der Waals surface area contributed by atoms with Crippen molar-refractivity contribution >= 4 is 23.2 Å². The summed E-state index contributed by atoms with van der Waals surface area (Å²) < 4.78 is 0. The van der Waals surface area contributed by atoms with E-state index in [1.807, 2.05) is 37.2 Å². The smallest absolute Gasteiger partial charge is 0.313 e. The Morgan fingerprint density at radius 2 is 1.89 bits per heavy atom. The van der Waals surface area contributed by atoms with Gasteiger partial charge in [0.15, 0.2) is 0 Å². The molecule has 1 N–H and O–H groups in total. The maximum atomic E-state index is 11.9. The average molecular weight is 261 g/mol. The minimum Gasteiger partial charge on any atom is -0.378 e. The molecule has 0 aromatic heterocycles. The van der Waals surface area contributed by atoms with Crippen LogP contribution in [-0.4, -0.2) is 43.9 Å². The summed E-state index contributed by atoms with van der Waals surface area (Å²) in [5.74, 6) is -0.995. The highest BCUT2D eigenvalue weighted by molar-refractivity contribution is 6.39. The van der Waals surface area contributed by atoms with Crippen molar-refractivity contribution in [3.8, 4) is 0 Å². The Labute approximate surface area is 113 Å². The normalized spacial score (nSPS) is 14.3. The van der Waals surface area contributed by atoms with Gasteiger partial charge in [-0.15, -0.1) is 0 Å². The van der Waals surface area contributed by atoms with Crippen LogP contribution in [0.3, 0.4) is 0 Å². The Morgan fingerprint density at radius 1 is 1.21 bits per heavy atom. The van der Waals surface area contributed by atoms with Gasteiger partial charge in [-0.3, -0.25) is 9.59 Å². The molecule has 1 aromatic carbocycles. The highest BCUT2D eigenvalue weighted by Gasteiger charge is 2.24. The van der Waals surface area contributed by atoms with E-state index in [2.05, 4.69) is 5.32 Å². The number of anilines is 2. The summed E-state index contributed by atoms with van der Waals surface area (Å²) in [6, 6.07) is 7.42. The molecule has 1 aromatic rings. The molecule has 102 valence electrons. The van der Waals surface area contributed by atoms with Crippen LogP contribution >= 0.6 is 0 Å². The number of amides is 2. The lowest BCUT2D eigenvalue weighted by Gasteiger charge is -2.16. The second-order valence-corrected chi connectivity index (χ2v) is 4.90. The Hall–Kier alpha value is -2.04. The Kier molecular flexibility index (Phi) is 4.04. The maximum absolute atomic E-state index is 11.9. The monoisotopic (exact) mass is 261 g/mol. The van der Waals surface area contributed by atoms with Crippen molar-refractivity contribution in [1.29, 1.82) is 0 Å². The van der Waals surface area contributed by atoms with Gasteiger partial charge in [-0.25, -0.2) is 0 Å². The number of benzene rings is 1. The number of hydrogen-bond acceptors (Lipinski definition) is 3. The van der Waals surface area contributed by atoms with Crippen molar-refractivity contribution in [3.63, 3.8) is 0 Å². The van der Waals surface area contributed by atoms with Gasteiger partial charge in [0.2, 0.25) is 0 Å². The Morgan fingerprint density at radius 3 is 2.53 bits per heavy atom.